The molecule has 1 amide bonds. The van der Waals surface area contributed by atoms with Crippen LogP contribution in [0.1, 0.15) is 58.3 Å². The summed E-state index contributed by atoms with van der Waals surface area (Å²) in [6, 6.07) is 0.347. The second-order valence-corrected chi connectivity index (χ2v) is 6.34. The van der Waals surface area contributed by atoms with Crippen LogP contribution in [0.5, 0.6) is 0 Å². The van der Waals surface area contributed by atoms with E-state index in [-0.39, 0.29) is 11.3 Å². The molecular formula is C17H30N4O. The average Bonchev–Trinajstić information content (AvgIpc) is 3.05. The number of piperidine rings is 1. The van der Waals surface area contributed by atoms with Gasteiger partial charge in [0, 0.05) is 38.4 Å². The molecule has 2 heterocycles. The molecule has 5 heteroatoms. The number of nitrogens with zero attached hydrogens (tertiary/aromatic N) is 3. The zero-order valence-electron chi connectivity index (χ0n) is 14.2. The van der Waals surface area contributed by atoms with Gasteiger partial charge >= 0.3 is 0 Å². The monoisotopic (exact) mass is 306 g/mol. The summed E-state index contributed by atoms with van der Waals surface area (Å²) in [5, 5.41) is 0. The summed E-state index contributed by atoms with van der Waals surface area (Å²) in [7, 11) is 0. The van der Waals surface area contributed by atoms with Crippen LogP contribution < -0.4 is 5.73 Å². The van der Waals surface area contributed by atoms with Gasteiger partial charge in [0.05, 0.1) is 11.5 Å². The first-order valence-electron chi connectivity index (χ1n) is 8.63. The largest absolute Gasteiger partial charge is 0.340 e. The van der Waals surface area contributed by atoms with E-state index in [1.165, 1.54) is 0 Å². The molecule has 1 saturated heterocycles. The van der Waals surface area contributed by atoms with Crippen LogP contribution in [0.3, 0.4) is 0 Å². The standard InChI is InChI=1S/C17H30N4O/c1-4-15-19-9-11-21(15)14-8-7-10-20(12-14)16(22)17(5-2,6-3)13-18/h9,11,14H,4-8,10,12-13,18H2,1-3H3. The fourth-order valence-corrected chi connectivity index (χ4v) is 3.58. The molecule has 5 nitrogen and oxygen atoms in total. The minimum absolute atomic E-state index is 0.239. The molecule has 0 aliphatic carbocycles. The van der Waals surface area contributed by atoms with Crippen LogP contribution in [0.4, 0.5) is 0 Å². The summed E-state index contributed by atoms with van der Waals surface area (Å²) in [4.78, 5) is 19.5. The van der Waals surface area contributed by atoms with Crippen molar-refractivity contribution in [2.24, 2.45) is 11.1 Å². The zero-order valence-corrected chi connectivity index (χ0v) is 14.2. The quantitative estimate of drug-likeness (QED) is 0.877. The lowest BCUT2D eigenvalue weighted by Crippen LogP contribution is -2.51. The molecular weight excluding hydrogens is 276 g/mol. The molecule has 2 N–H and O–H groups in total. The average molecular weight is 306 g/mol. The minimum atomic E-state index is -0.385. The maximum absolute atomic E-state index is 13.0. The number of imidazole rings is 1. The highest BCUT2D eigenvalue weighted by Gasteiger charge is 2.38. The Kier molecular flexibility index (Phi) is 5.62. The first kappa shape index (κ1) is 17.0. The molecule has 0 bridgehead atoms. The molecule has 0 spiro atoms. The van der Waals surface area contributed by atoms with Crippen molar-refractivity contribution in [2.75, 3.05) is 19.6 Å². The highest BCUT2D eigenvalue weighted by atomic mass is 16.2. The van der Waals surface area contributed by atoms with Crippen LogP contribution in [0.15, 0.2) is 12.4 Å². The van der Waals surface area contributed by atoms with E-state index >= 15 is 0 Å². The SMILES string of the molecule is CCc1nccn1C1CCCN(C(=O)C(CC)(CC)CN)C1. The lowest BCUT2D eigenvalue weighted by atomic mass is 9.80. The third-order valence-corrected chi connectivity index (χ3v) is 5.34. The third kappa shape index (κ3) is 3.05. The number of aromatic nitrogens is 2. The van der Waals surface area contributed by atoms with Gasteiger partial charge in [0.15, 0.2) is 0 Å². The van der Waals surface area contributed by atoms with Crippen LogP contribution in [-0.4, -0.2) is 40.0 Å². The topological polar surface area (TPSA) is 64.2 Å². The number of carbonyl (C=O) groups is 1. The molecule has 1 atom stereocenters. The van der Waals surface area contributed by atoms with Crippen molar-refractivity contribution in [2.45, 2.75) is 58.9 Å². The number of hydrogen-bond acceptors (Lipinski definition) is 3. The number of hydrogen-bond donors (Lipinski definition) is 1. The number of aryl methyl sites for hydroxylation is 1. The van der Waals surface area contributed by atoms with Crippen LogP contribution in [0.2, 0.25) is 0 Å². The van der Waals surface area contributed by atoms with E-state index in [0.717, 1.165) is 51.0 Å². The smallest absolute Gasteiger partial charge is 0.230 e. The van der Waals surface area contributed by atoms with Crippen molar-refractivity contribution >= 4 is 5.91 Å². The van der Waals surface area contributed by atoms with E-state index in [2.05, 4.69) is 30.3 Å². The molecule has 1 fully saturated rings. The van der Waals surface area contributed by atoms with Gasteiger partial charge in [-0.2, -0.15) is 0 Å². The van der Waals surface area contributed by atoms with E-state index in [9.17, 15) is 4.79 Å². The van der Waals surface area contributed by atoms with Gasteiger partial charge in [0.25, 0.3) is 0 Å². The Bertz CT molecular complexity index is 484. The summed E-state index contributed by atoms with van der Waals surface area (Å²) >= 11 is 0. The summed E-state index contributed by atoms with van der Waals surface area (Å²) in [5.74, 6) is 1.35. The van der Waals surface area contributed by atoms with Crippen molar-refractivity contribution in [3.8, 4) is 0 Å². The second kappa shape index (κ2) is 7.27. The lowest BCUT2D eigenvalue weighted by Gasteiger charge is -2.40. The van der Waals surface area contributed by atoms with E-state index in [0.29, 0.717) is 12.6 Å². The van der Waals surface area contributed by atoms with E-state index in [1.54, 1.807) is 0 Å². The van der Waals surface area contributed by atoms with E-state index in [1.807, 2.05) is 17.3 Å². The van der Waals surface area contributed by atoms with Gasteiger partial charge in [0.1, 0.15) is 5.82 Å². The van der Waals surface area contributed by atoms with Crippen molar-refractivity contribution < 1.29 is 4.79 Å². The van der Waals surface area contributed by atoms with Crippen molar-refractivity contribution in [1.82, 2.24) is 14.5 Å². The Balaban J connectivity index is 2.15. The summed E-state index contributed by atoms with van der Waals surface area (Å²) in [6.45, 7) is 8.34. The van der Waals surface area contributed by atoms with Crippen LogP contribution >= 0.6 is 0 Å². The Morgan fingerprint density at radius 3 is 2.73 bits per heavy atom. The van der Waals surface area contributed by atoms with Gasteiger partial charge in [-0.25, -0.2) is 4.98 Å². The molecule has 124 valence electrons. The number of carbonyl (C=O) groups excluding carboxylic acids is 1. The Hall–Kier alpha value is -1.36. The molecule has 0 radical (unpaired) electrons. The van der Waals surface area contributed by atoms with Gasteiger partial charge in [0.2, 0.25) is 5.91 Å². The number of nitrogens with two attached hydrogens (primary N) is 1. The highest BCUT2D eigenvalue weighted by molar-refractivity contribution is 5.83. The third-order valence-electron chi connectivity index (χ3n) is 5.34. The number of rotatable bonds is 6. The first-order valence-corrected chi connectivity index (χ1v) is 8.63. The zero-order chi connectivity index (χ0) is 16.2. The van der Waals surface area contributed by atoms with Crippen LogP contribution in [-0.2, 0) is 11.2 Å². The normalized spacial score (nSPS) is 19.5. The number of amides is 1. The van der Waals surface area contributed by atoms with E-state index in [4.69, 9.17) is 5.73 Å². The maximum atomic E-state index is 13.0. The first-order chi connectivity index (χ1) is 10.6. The summed E-state index contributed by atoms with van der Waals surface area (Å²) < 4.78 is 2.25. The fraction of sp³-hybridized carbons (Fsp3) is 0.765. The molecule has 1 aliphatic rings. The lowest BCUT2D eigenvalue weighted by molar-refractivity contribution is -0.144. The predicted molar refractivity (Wildman–Crippen MR) is 88.5 cm³/mol. The highest BCUT2D eigenvalue weighted by Crippen LogP contribution is 2.31. The van der Waals surface area contributed by atoms with Crippen LogP contribution in [0.25, 0.3) is 0 Å². The minimum Gasteiger partial charge on any atom is -0.340 e. The van der Waals surface area contributed by atoms with Gasteiger partial charge in [-0.05, 0) is 25.7 Å². The van der Waals surface area contributed by atoms with Crippen molar-refractivity contribution in [1.29, 1.82) is 0 Å². The fourth-order valence-electron chi connectivity index (χ4n) is 3.58. The molecule has 22 heavy (non-hydrogen) atoms. The van der Waals surface area contributed by atoms with Gasteiger partial charge in [-0.3, -0.25) is 4.79 Å². The molecule has 1 aliphatic heterocycles. The molecule has 1 unspecified atom stereocenters. The Morgan fingerprint density at radius 2 is 2.14 bits per heavy atom. The van der Waals surface area contributed by atoms with Crippen molar-refractivity contribution in [3.63, 3.8) is 0 Å². The van der Waals surface area contributed by atoms with Gasteiger partial charge in [-0.15, -0.1) is 0 Å². The van der Waals surface area contributed by atoms with Gasteiger partial charge in [-0.1, -0.05) is 20.8 Å². The van der Waals surface area contributed by atoms with Crippen LogP contribution in [0, 0.1) is 5.41 Å². The van der Waals surface area contributed by atoms with Gasteiger partial charge < -0.3 is 15.2 Å². The Labute approximate surface area is 133 Å². The number of likely N-dealkylation sites (tertiary alicyclic amines) is 1. The van der Waals surface area contributed by atoms with Crippen molar-refractivity contribution in [3.05, 3.63) is 18.2 Å². The second-order valence-electron chi connectivity index (χ2n) is 6.34. The summed E-state index contributed by atoms with van der Waals surface area (Å²) in [6.07, 6.45) is 8.62. The van der Waals surface area contributed by atoms with E-state index < -0.39 is 0 Å². The Morgan fingerprint density at radius 1 is 1.41 bits per heavy atom. The molecule has 0 saturated carbocycles. The molecule has 0 aromatic carbocycles. The molecule has 1 aromatic heterocycles. The summed E-state index contributed by atoms with van der Waals surface area (Å²) in [5.41, 5.74) is 5.56. The maximum Gasteiger partial charge on any atom is 0.230 e. The predicted octanol–water partition coefficient (Wildman–Crippen LogP) is 2.37. The molecule has 1 aromatic rings. The molecule has 2 rings (SSSR count).